The minimum atomic E-state index is -1.35. The van der Waals surface area contributed by atoms with Crippen LogP contribution in [0, 0.1) is 11.7 Å². The van der Waals surface area contributed by atoms with E-state index in [2.05, 4.69) is 5.32 Å². The molecule has 1 rings (SSSR count). The summed E-state index contributed by atoms with van der Waals surface area (Å²) in [6.07, 6.45) is 0.751. The van der Waals surface area contributed by atoms with Gasteiger partial charge in [0.25, 0.3) is 0 Å². The molecule has 4 N–H and O–H groups in total. The van der Waals surface area contributed by atoms with Crippen LogP contribution >= 0.6 is 0 Å². The highest BCUT2D eigenvalue weighted by molar-refractivity contribution is 5.95. The van der Waals surface area contributed by atoms with Crippen molar-refractivity contribution < 1.29 is 19.1 Å². The number of carbonyl (C=O) groups is 2. The summed E-state index contributed by atoms with van der Waals surface area (Å²) in [5.74, 6) is -2.67. The Kier molecular flexibility index (Phi) is 5.00. The van der Waals surface area contributed by atoms with Crippen molar-refractivity contribution in [2.24, 2.45) is 11.7 Å². The van der Waals surface area contributed by atoms with Gasteiger partial charge in [-0.1, -0.05) is 20.3 Å². The van der Waals surface area contributed by atoms with Gasteiger partial charge in [0.2, 0.25) is 5.91 Å². The monoisotopic (exact) mass is 268 g/mol. The molecule has 5 nitrogen and oxygen atoms in total. The highest BCUT2D eigenvalue weighted by Crippen LogP contribution is 2.16. The van der Waals surface area contributed by atoms with Gasteiger partial charge in [0.05, 0.1) is 11.6 Å². The number of benzene rings is 1. The molecule has 0 saturated carbocycles. The Labute approximate surface area is 110 Å². The number of hydrogen-bond donors (Lipinski definition) is 3. The molecule has 2 unspecified atom stereocenters. The van der Waals surface area contributed by atoms with Gasteiger partial charge in [-0.2, -0.15) is 0 Å². The maximum absolute atomic E-state index is 13.4. The average molecular weight is 268 g/mol. The van der Waals surface area contributed by atoms with Crippen molar-refractivity contribution >= 4 is 17.6 Å². The van der Waals surface area contributed by atoms with Gasteiger partial charge in [0, 0.05) is 5.69 Å². The zero-order valence-corrected chi connectivity index (χ0v) is 10.8. The molecule has 1 amide bonds. The Balaban J connectivity index is 2.81. The average Bonchev–Trinajstić information content (AvgIpc) is 2.36. The van der Waals surface area contributed by atoms with E-state index in [1.807, 2.05) is 13.8 Å². The van der Waals surface area contributed by atoms with E-state index in [1.165, 1.54) is 6.07 Å². The number of carboxylic acids is 1. The van der Waals surface area contributed by atoms with Crippen LogP contribution in [-0.2, 0) is 4.79 Å². The smallest absolute Gasteiger partial charge is 0.338 e. The van der Waals surface area contributed by atoms with Crippen molar-refractivity contribution in [1.29, 1.82) is 0 Å². The zero-order chi connectivity index (χ0) is 14.6. The molecule has 104 valence electrons. The minimum Gasteiger partial charge on any atom is -0.478 e. The van der Waals surface area contributed by atoms with Gasteiger partial charge < -0.3 is 16.2 Å². The molecule has 0 bridgehead atoms. The van der Waals surface area contributed by atoms with E-state index in [4.69, 9.17) is 10.8 Å². The number of hydrogen-bond acceptors (Lipinski definition) is 3. The van der Waals surface area contributed by atoms with Crippen LogP contribution in [-0.4, -0.2) is 23.0 Å². The lowest BCUT2D eigenvalue weighted by atomic mass is 9.99. The number of rotatable bonds is 5. The van der Waals surface area contributed by atoms with Gasteiger partial charge in [-0.05, 0) is 24.1 Å². The molecule has 0 radical (unpaired) electrons. The zero-order valence-electron chi connectivity index (χ0n) is 10.8. The molecule has 19 heavy (non-hydrogen) atoms. The number of carbonyl (C=O) groups excluding carboxylic acids is 1. The van der Waals surface area contributed by atoms with E-state index >= 15 is 0 Å². The van der Waals surface area contributed by atoms with Crippen LogP contribution in [0.2, 0.25) is 0 Å². The second-order valence-corrected chi connectivity index (χ2v) is 4.40. The number of aromatic carboxylic acids is 1. The fourth-order valence-electron chi connectivity index (χ4n) is 1.50. The lowest BCUT2D eigenvalue weighted by Gasteiger charge is -2.17. The number of nitrogens with two attached hydrogens (primary N) is 1. The Morgan fingerprint density at radius 2 is 2.11 bits per heavy atom. The molecule has 2 atom stereocenters. The normalized spacial score (nSPS) is 13.7. The van der Waals surface area contributed by atoms with Crippen LogP contribution in [0.4, 0.5) is 10.1 Å². The minimum absolute atomic E-state index is 0.00291. The lowest BCUT2D eigenvalue weighted by molar-refractivity contribution is -0.118. The van der Waals surface area contributed by atoms with E-state index in [1.54, 1.807) is 0 Å². The largest absolute Gasteiger partial charge is 0.478 e. The van der Waals surface area contributed by atoms with Gasteiger partial charge in [0.15, 0.2) is 0 Å². The summed E-state index contributed by atoms with van der Waals surface area (Å²) in [6, 6.07) is 2.70. The number of carboxylic acid groups (broad SMARTS) is 1. The number of anilines is 1. The highest BCUT2D eigenvalue weighted by Gasteiger charge is 2.20. The summed E-state index contributed by atoms with van der Waals surface area (Å²) in [5.41, 5.74) is 5.48. The molecule has 0 spiro atoms. The molecule has 0 heterocycles. The maximum Gasteiger partial charge on any atom is 0.338 e. The van der Waals surface area contributed by atoms with Crippen molar-refractivity contribution in [3.05, 3.63) is 29.6 Å². The van der Waals surface area contributed by atoms with E-state index in [9.17, 15) is 14.0 Å². The molecule has 0 fully saturated rings. The molecular weight excluding hydrogens is 251 g/mol. The summed E-state index contributed by atoms with van der Waals surface area (Å²) in [4.78, 5) is 22.4. The van der Waals surface area contributed by atoms with Crippen LogP contribution in [0.1, 0.15) is 30.6 Å². The van der Waals surface area contributed by atoms with E-state index in [0.29, 0.717) is 0 Å². The van der Waals surface area contributed by atoms with Crippen LogP contribution in [0.5, 0.6) is 0 Å². The van der Waals surface area contributed by atoms with Gasteiger partial charge in [-0.15, -0.1) is 0 Å². The number of amides is 1. The van der Waals surface area contributed by atoms with Crippen LogP contribution in [0.15, 0.2) is 18.2 Å². The lowest BCUT2D eigenvalue weighted by Crippen LogP contribution is -2.40. The fraction of sp³-hybridized carbons (Fsp3) is 0.385. The standard InChI is InChI=1S/C13H17FN2O3/c1-3-7(2)11(15)12(17)16-8-4-5-9(13(18)19)10(14)6-8/h4-7,11H,3,15H2,1-2H3,(H,16,17)(H,18,19). The fourth-order valence-corrected chi connectivity index (χ4v) is 1.50. The molecule has 6 heteroatoms. The molecule has 0 aliphatic heterocycles. The molecule has 0 aromatic heterocycles. The third-order valence-electron chi connectivity index (χ3n) is 3.03. The molecule has 0 aliphatic carbocycles. The Morgan fingerprint density at radius 1 is 1.47 bits per heavy atom. The van der Waals surface area contributed by atoms with Crippen LogP contribution in [0.25, 0.3) is 0 Å². The highest BCUT2D eigenvalue weighted by atomic mass is 19.1. The topological polar surface area (TPSA) is 92.4 Å². The summed E-state index contributed by atoms with van der Waals surface area (Å²) in [7, 11) is 0. The van der Waals surface area contributed by atoms with Crippen molar-refractivity contribution in [3.63, 3.8) is 0 Å². The van der Waals surface area contributed by atoms with Gasteiger partial charge in [0.1, 0.15) is 5.82 Å². The maximum atomic E-state index is 13.4. The first-order chi connectivity index (χ1) is 8.86. The predicted molar refractivity (Wildman–Crippen MR) is 69.4 cm³/mol. The second kappa shape index (κ2) is 6.29. The first-order valence-electron chi connectivity index (χ1n) is 5.96. The Morgan fingerprint density at radius 3 is 2.58 bits per heavy atom. The molecule has 0 aliphatic rings. The molecule has 1 aromatic carbocycles. The van der Waals surface area contributed by atoms with Crippen LogP contribution in [0.3, 0.4) is 0 Å². The van der Waals surface area contributed by atoms with Crippen molar-refractivity contribution in [2.45, 2.75) is 26.3 Å². The number of halogens is 1. The van der Waals surface area contributed by atoms with E-state index in [0.717, 1.165) is 18.6 Å². The SMILES string of the molecule is CCC(C)C(N)C(=O)Nc1ccc(C(=O)O)c(F)c1. The predicted octanol–water partition coefficient (Wildman–Crippen LogP) is 1.84. The quantitative estimate of drug-likeness (QED) is 0.759. The molecular formula is C13H17FN2O3. The third-order valence-corrected chi connectivity index (χ3v) is 3.03. The van der Waals surface area contributed by atoms with Crippen molar-refractivity contribution in [2.75, 3.05) is 5.32 Å². The second-order valence-electron chi connectivity index (χ2n) is 4.40. The summed E-state index contributed by atoms with van der Waals surface area (Å²) in [5, 5.41) is 11.2. The summed E-state index contributed by atoms with van der Waals surface area (Å²) < 4.78 is 13.4. The first kappa shape index (κ1) is 15.1. The Bertz CT molecular complexity index is 491. The van der Waals surface area contributed by atoms with E-state index in [-0.39, 0.29) is 11.6 Å². The first-order valence-corrected chi connectivity index (χ1v) is 5.96. The van der Waals surface area contributed by atoms with Crippen molar-refractivity contribution in [3.8, 4) is 0 Å². The molecule has 0 saturated heterocycles. The van der Waals surface area contributed by atoms with E-state index < -0.39 is 29.3 Å². The summed E-state index contributed by atoms with van der Waals surface area (Å²) in [6.45, 7) is 3.76. The molecule has 1 aromatic rings. The van der Waals surface area contributed by atoms with Crippen LogP contribution < -0.4 is 11.1 Å². The number of nitrogens with one attached hydrogen (secondary N) is 1. The van der Waals surface area contributed by atoms with Gasteiger partial charge in [-0.3, -0.25) is 4.79 Å². The summed E-state index contributed by atoms with van der Waals surface area (Å²) >= 11 is 0. The van der Waals surface area contributed by atoms with Gasteiger partial charge >= 0.3 is 5.97 Å². The van der Waals surface area contributed by atoms with Gasteiger partial charge in [-0.25, -0.2) is 9.18 Å². The third kappa shape index (κ3) is 3.75. The van der Waals surface area contributed by atoms with Crippen molar-refractivity contribution in [1.82, 2.24) is 0 Å². The Hall–Kier alpha value is -1.95.